The topological polar surface area (TPSA) is 75.3 Å². The summed E-state index contributed by atoms with van der Waals surface area (Å²) in [6.45, 7) is 3.40. The molecule has 1 atom stereocenters. The second kappa shape index (κ2) is 6.43. The molecule has 5 nitrogen and oxygen atoms in total. The van der Waals surface area contributed by atoms with Gasteiger partial charge in [-0.25, -0.2) is 8.42 Å². The van der Waals surface area contributed by atoms with Crippen molar-refractivity contribution in [3.8, 4) is 0 Å². The van der Waals surface area contributed by atoms with E-state index in [-0.39, 0.29) is 35.3 Å². The van der Waals surface area contributed by atoms with Gasteiger partial charge in [0.05, 0.1) is 11.5 Å². The fourth-order valence-electron chi connectivity index (χ4n) is 3.19. The molecule has 2 N–H and O–H groups in total. The first-order valence-electron chi connectivity index (χ1n) is 7.59. The molecule has 0 aromatic carbocycles. The molecule has 0 radical (unpaired) electrons. The first kappa shape index (κ1) is 15.8. The number of nitrogens with one attached hydrogen (secondary N) is 2. The molecule has 2 aliphatic rings. The average molecular weight is 302 g/mol. The van der Waals surface area contributed by atoms with Crippen molar-refractivity contribution in [2.75, 3.05) is 24.6 Å². The fraction of sp³-hybridized carbons (Fsp3) is 0.929. The van der Waals surface area contributed by atoms with Gasteiger partial charge in [0.1, 0.15) is 0 Å². The summed E-state index contributed by atoms with van der Waals surface area (Å²) in [5.74, 6) is 0.229. The van der Waals surface area contributed by atoms with Gasteiger partial charge in [-0.05, 0) is 18.3 Å². The number of hydrogen-bond donors (Lipinski definition) is 2. The molecule has 1 unspecified atom stereocenters. The smallest absolute Gasteiger partial charge is 0.221 e. The molecule has 1 saturated carbocycles. The van der Waals surface area contributed by atoms with Crippen molar-refractivity contribution in [3.63, 3.8) is 0 Å². The summed E-state index contributed by atoms with van der Waals surface area (Å²) in [4.78, 5) is 12.0. The zero-order valence-corrected chi connectivity index (χ0v) is 13.1. The van der Waals surface area contributed by atoms with E-state index in [0.29, 0.717) is 13.1 Å². The first-order chi connectivity index (χ1) is 9.39. The van der Waals surface area contributed by atoms with Crippen molar-refractivity contribution in [1.29, 1.82) is 0 Å². The molecule has 1 aliphatic heterocycles. The molecule has 2 rings (SSSR count). The van der Waals surface area contributed by atoms with E-state index in [0.717, 1.165) is 0 Å². The Morgan fingerprint density at radius 3 is 2.65 bits per heavy atom. The highest BCUT2D eigenvalue weighted by Crippen LogP contribution is 2.34. The predicted molar refractivity (Wildman–Crippen MR) is 79.3 cm³/mol. The van der Waals surface area contributed by atoms with Crippen molar-refractivity contribution in [2.24, 2.45) is 5.41 Å². The van der Waals surface area contributed by atoms with Crippen LogP contribution in [0.3, 0.4) is 0 Å². The highest BCUT2D eigenvalue weighted by Gasteiger charge is 2.29. The first-order valence-corrected chi connectivity index (χ1v) is 9.41. The Labute approximate surface area is 121 Å². The van der Waals surface area contributed by atoms with Crippen LogP contribution in [0, 0.1) is 5.41 Å². The molecule has 20 heavy (non-hydrogen) atoms. The van der Waals surface area contributed by atoms with Crippen LogP contribution in [0.25, 0.3) is 0 Å². The lowest BCUT2D eigenvalue weighted by Gasteiger charge is -2.34. The Bertz CT molecular complexity index is 441. The molecular weight excluding hydrogens is 276 g/mol. The van der Waals surface area contributed by atoms with Crippen molar-refractivity contribution < 1.29 is 13.2 Å². The van der Waals surface area contributed by atoms with Crippen LogP contribution in [0.15, 0.2) is 0 Å². The van der Waals surface area contributed by atoms with Gasteiger partial charge in [-0.1, -0.05) is 26.2 Å². The minimum atomic E-state index is -2.97. The van der Waals surface area contributed by atoms with Crippen LogP contribution >= 0.6 is 0 Å². The molecule has 6 heteroatoms. The molecule has 2 fully saturated rings. The van der Waals surface area contributed by atoms with Gasteiger partial charge in [0, 0.05) is 25.6 Å². The normalized spacial score (nSPS) is 28.8. The van der Waals surface area contributed by atoms with E-state index in [2.05, 4.69) is 17.6 Å². The molecule has 1 heterocycles. The van der Waals surface area contributed by atoms with Crippen LogP contribution < -0.4 is 10.6 Å². The molecule has 0 aromatic rings. The standard InChI is InChI=1S/C14H26N2O3S/c1-14(5-3-2-4-6-14)11-16-13(17)9-12-10-20(18,19)8-7-15-12/h12,15H,2-11H2,1H3,(H,16,17). The van der Waals surface area contributed by atoms with Crippen LogP contribution in [0.2, 0.25) is 0 Å². The Kier molecular flexibility index (Phi) is 5.07. The number of carbonyl (C=O) groups excluding carboxylic acids is 1. The molecular formula is C14H26N2O3S. The predicted octanol–water partition coefficient (Wildman–Crippen LogP) is 0.850. The molecule has 1 aliphatic carbocycles. The van der Waals surface area contributed by atoms with E-state index in [1.54, 1.807) is 0 Å². The lowest BCUT2D eigenvalue weighted by molar-refractivity contribution is -0.122. The van der Waals surface area contributed by atoms with E-state index < -0.39 is 9.84 Å². The minimum absolute atomic E-state index is 0.0357. The Morgan fingerprint density at radius 2 is 2.00 bits per heavy atom. The number of sulfone groups is 1. The number of amides is 1. The molecule has 116 valence electrons. The summed E-state index contributed by atoms with van der Waals surface area (Å²) in [6.07, 6.45) is 6.39. The maximum absolute atomic E-state index is 12.0. The summed E-state index contributed by atoms with van der Waals surface area (Å²) in [6, 6.07) is -0.229. The Hall–Kier alpha value is -0.620. The van der Waals surface area contributed by atoms with Crippen molar-refractivity contribution in [3.05, 3.63) is 0 Å². The molecule has 1 amide bonds. The second-order valence-corrected chi connectivity index (χ2v) is 8.85. The minimum Gasteiger partial charge on any atom is -0.356 e. The van der Waals surface area contributed by atoms with Crippen LogP contribution in [-0.2, 0) is 14.6 Å². The van der Waals surface area contributed by atoms with E-state index in [9.17, 15) is 13.2 Å². The lowest BCUT2D eigenvalue weighted by Crippen LogP contribution is -2.48. The zero-order valence-electron chi connectivity index (χ0n) is 12.3. The lowest BCUT2D eigenvalue weighted by atomic mass is 9.76. The average Bonchev–Trinajstić information content (AvgIpc) is 2.36. The molecule has 0 aromatic heterocycles. The second-order valence-electron chi connectivity index (χ2n) is 6.62. The third kappa shape index (κ3) is 4.74. The van der Waals surface area contributed by atoms with Gasteiger partial charge in [0.25, 0.3) is 0 Å². The van der Waals surface area contributed by atoms with Crippen molar-refractivity contribution in [2.45, 2.75) is 51.5 Å². The Morgan fingerprint density at radius 1 is 1.30 bits per heavy atom. The van der Waals surface area contributed by atoms with Crippen molar-refractivity contribution in [1.82, 2.24) is 10.6 Å². The number of hydrogen-bond acceptors (Lipinski definition) is 4. The van der Waals surface area contributed by atoms with E-state index in [4.69, 9.17) is 0 Å². The maximum Gasteiger partial charge on any atom is 0.221 e. The van der Waals surface area contributed by atoms with E-state index >= 15 is 0 Å². The molecule has 0 spiro atoms. The van der Waals surface area contributed by atoms with Gasteiger partial charge < -0.3 is 10.6 Å². The quantitative estimate of drug-likeness (QED) is 0.807. The maximum atomic E-state index is 12.0. The van der Waals surface area contributed by atoms with Gasteiger partial charge in [-0.15, -0.1) is 0 Å². The van der Waals surface area contributed by atoms with Crippen LogP contribution in [0.4, 0.5) is 0 Å². The summed E-state index contributed by atoms with van der Waals surface area (Å²) >= 11 is 0. The largest absolute Gasteiger partial charge is 0.356 e. The summed E-state index contributed by atoms with van der Waals surface area (Å²) in [7, 11) is -2.97. The van der Waals surface area contributed by atoms with Gasteiger partial charge in [-0.3, -0.25) is 4.79 Å². The monoisotopic (exact) mass is 302 g/mol. The highest BCUT2D eigenvalue weighted by molar-refractivity contribution is 7.91. The van der Waals surface area contributed by atoms with Gasteiger partial charge >= 0.3 is 0 Å². The van der Waals surface area contributed by atoms with Crippen LogP contribution in [-0.4, -0.2) is 45.0 Å². The molecule has 0 bridgehead atoms. The van der Waals surface area contributed by atoms with Crippen LogP contribution in [0.5, 0.6) is 0 Å². The number of carbonyl (C=O) groups is 1. The third-order valence-corrected chi connectivity index (χ3v) is 6.24. The van der Waals surface area contributed by atoms with E-state index in [1.807, 2.05) is 0 Å². The summed E-state index contributed by atoms with van der Waals surface area (Å²) in [5, 5.41) is 6.11. The zero-order chi connectivity index (χ0) is 14.6. The number of rotatable bonds is 4. The van der Waals surface area contributed by atoms with Crippen LogP contribution in [0.1, 0.15) is 45.4 Å². The molecule has 1 saturated heterocycles. The fourth-order valence-corrected chi connectivity index (χ4v) is 4.63. The summed E-state index contributed by atoms with van der Waals surface area (Å²) in [5.41, 5.74) is 0.222. The third-order valence-electron chi connectivity index (χ3n) is 4.51. The van der Waals surface area contributed by atoms with Crippen molar-refractivity contribution >= 4 is 15.7 Å². The highest BCUT2D eigenvalue weighted by atomic mass is 32.2. The Balaban J connectivity index is 1.75. The van der Waals surface area contributed by atoms with Gasteiger partial charge in [0.2, 0.25) is 5.91 Å². The SMILES string of the molecule is CC1(CNC(=O)CC2CS(=O)(=O)CCN2)CCCCC1. The van der Waals surface area contributed by atoms with E-state index in [1.165, 1.54) is 32.1 Å². The van der Waals surface area contributed by atoms with Gasteiger partial charge in [0.15, 0.2) is 9.84 Å². The van der Waals surface area contributed by atoms with Gasteiger partial charge in [-0.2, -0.15) is 0 Å². The summed E-state index contributed by atoms with van der Waals surface area (Å²) < 4.78 is 23.1.